The van der Waals surface area contributed by atoms with Gasteiger partial charge in [0, 0.05) is 21.7 Å². The molecule has 5 aromatic rings. The van der Waals surface area contributed by atoms with E-state index in [0.29, 0.717) is 38.7 Å². The first-order valence-corrected chi connectivity index (χ1v) is 10.6. The molecule has 4 aromatic carbocycles. The van der Waals surface area contributed by atoms with Crippen LogP contribution < -0.4 is 5.32 Å². The van der Waals surface area contributed by atoms with Crippen molar-refractivity contribution in [2.24, 2.45) is 0 Å². The van der Waals surface area contributed by atoms with E-state index in [2.05, 4.69) is 10.3 Å². The molecular weight excluding hydrogens is 440 g/mol. The Balaban J connectivity index is 1.42. The zero-order valence-corrected chi connectivity index (χ0v) is 18.0. The topological polar surface area (TPSA) is 81.4 Å². The first-order chi connectivity index (χ1) is 16.1. The van der Waals surface area contributed by atoms with Gasteiger partial charge >= 0.3 is 5.97 Å². The van der Waals surface area contributed by atoms with Crippen molar-refractivity contribution in [1.82, 2.24) is 4.98 Å². The number of esters is 1. The number of carbonyl (C=O) groups is 2. The summed E-state index contributed by atoms with van der Waals surface area (Å²) in [5.74, 6) is -0.664. The first kappa shape index (κ1) is 20.7. The fourth-order valence-electron chi connectivity index (χ4n) is 3.62. The van der Waals surface area contributed by atoms with Gasteiger partial charge in [-0.3, -0.25) is 4.79 Å². The van der Waals surface area contributed by atoms with E-state index in [-0.39, 0.29) is 0 Å². The molecule has 1 heterocycles. The summed E-state index contributed by atoms with van der Waals surface area (Å²) in [4.78, 5) is 29.8. The van der Waals surface area contributed by atoms with E-state index in [1.165, 1.54) is 0 Å². The summed E-state index contributed by atoms with van der Waals surface area (Å²) >= 11 is 5.85. The van der Waals surface area contributed by atoms with E-state index >= 15 is 0 Å². The molecule has 0 aliphatic carbocycles. The third-order valence-electron chi connectivity index (χ3n) is 5.11. The quantitative estimate of drug-likeness (QED) is 0.323. The highest BCUT2D eigenvalue weighted by molar-refractivity contribution is 6.30. The summed E-state index contributed by atoms with van der Waals surface area (Å²) in [6.07, 6.45) is 0. The lowest BCUT2D eigenvalue weighted by atomic mass is 9.99. The van der Waals surface area contributed by atoms with Gasteiger partial charge in [-0.2, -0.15) is 0 Å². The van der Waals surface area contributed by atoms with Crippen LogP contribution in [0.4, 0.5) is 5.69 Å². The molecule has 0 saturated carbocycles. The number of aromatic nitrogens is 1. The third kappa shape index (κ3) is 4.29. The molecule has 1 amide bonds. The molecule has 6 nitrogen and oxygen atoms in total. The third-order valence-corrected chi connectivity index (χ3v) is 5.36. The zero-order valence-electron chi connectivity index (χ0n) is 17.2. The Morgan fingerprint density at radius 1 is 0.909 bits per heavy atom. The highest BCUT2D eigenvalue weighted by Crippen LogP contribution is 2.33. The number of halogens is 1. The van der Waals surface area contributed by atoms with Gasteiger partial charge in [0.2, 0.25) is 5.89 Å². The molecule has 0 spiro atoms. The normalized spacial score (nSPS) is 10.9. The smallest absolute Gasteiger partial charge is 0.339 e. The number of para-hydroxylation sites is 2. The average molecular weight is 457 g/mol. The molecule has 7 heteroatoms. The molecule has 0 saturated heterocycles. The number of nitrogens with zero attached hydrogens (tertiary/aromatic N) is 1. The molecule has 0 aliphatic rings. The van der Waals surface area contributed by atoms with Crippen LogP contribution in [0.5, 0.6) is 0 Å². The van der Waals surface area contributed by atoms with Crippen LogP contribution in [0.3, 0.4) is 0 Å². The summed E-state index contributed by atoms with van der Waals surface area (Å²) in [5, 5.41) is 4.70. The largest absolute Gasteiger partial charge is 0.452 e. The van der Waals surface area contributed by atoms with Gasteiger partial charge in [-0.15, -0.1) is 0 Å². The van der Waals surface area contributed by atoms with Crippen LogP contribution in [0.1, 0.15) is 10.4 Å². The highest BCUT2D eigenvalue weighted by Gasteiger charge is 2.19. The molecule has 0 bridgehead atoms. The molecule has 1 N–H and O–H groups in total. The van der Waals surface area contributed by atoms with Gasteiger partial charge in [0.1, 0.15) is 5.52 Å². The average Bonchev–Trinajstić information content (AvgIpc) is 3.27. The van der Waals surface area contributed by atoms with Crippen LogP contribution in [0, 0.1) is 0 Å². The van der Waals surface area contributed by atoms with Crippen molar-refractivity contribution in [3.8, 4) is 11.5 Å². The number of hydrogen-bond donors (Lipinski definition) is 1. The number of nitrogens with one attached hydrogen (secondary N) is 1. The summed E-state index contributed by atoms with van der Waals surface area (Å²) < 4.78 is 11.2. The van der Waals surface area contributed by atoms with Crippen LogP contribution in [0.2, 0.25) is 5.02 Å². The minimum Gasteiger partial charge on any atom is -0.452 e. The highest BCUT2D eigenvalue weighted by atomic mass is 35.5. The van der Waals surface area contributed by atoms with Crippen molar-refractivity contribution in [3.05, 3.63) is 95.5 Å². The maximum absolute atomic E-state index is 12.9. The van der Waals surface area contributed by atoms with Crippen molar-refractivity contribution >= 4 is 51.0 Å². The van der Waals surface area contributed by atoms with Crippen LogP contribution in [-0.2, 0) is 9.53 Å². The van der Waals surface area contributed by atoms with Crippen molar-refractivity contribution in [3.63, 3.8) is 0 Å². The second-order valence-corrected chi connectivity index (χ2v) is 7.76. The Kier molecular flexibility index (Phi) is 5.50. The second-order valence-electron chi connectivity index (χ2n) is 7.33. The molecular formula is C26H17ClN2O4. The minimum atomic E-state index is -0.615. The molecule has 1 aromatic heterocycles. The van der Waals surface area contributed by atoms with E-state index in [1.807, 2.05) is 48.5 Å². The van der Waals surface area contributed by atoms with E-state index in [1.54, 1.807) is 36.4 Å². The Morgan fingerprint density at radius 2 is 1.67 bits per heavy atom. The Labute approximate surface area is 193 Å². The molecule has 0 atom stereocenters. The summed E-state index contributed by atoms with van der Waals surface area (Å²) in [5.41, 5.74) is 2.93. The van der Waals surface area contributed by atoms with E-state index in [9.17, 15) is 9.59 Å². The summed E-state index contributed by atoms with van der Waals surface area (Å²) in [7, 11) is 0. The van der Waals surface area contributed by atoms with Gasteiger partial charge in [0.05, 0.1) is 5.56 Å². The lowest BCUT2D eigenvalue weighted by Gasteiger charge is -2.10. The number of anilines is 1. The van der Waals surface area contributed by atoms with E-state index in [0.717, 1.165) is 10.9 Å². The van der Waals surface area contributed by atoms with E-state index < -0.39 is 18.5 Å². The summed E-state index contributed by atoms with van der Waals surface area (Å²) in [6, 6.07) is 25.0. The zero-order chi connectivity index (χ0) is 22.8. The van der Waals surface area contributed by atoms with Crippen LogP contribution in [0.15, 0.2) is 89.3 Å². The van der Waals surface area contributed by atoms with Gasteiger partial charge in [-0.1, -0.05) is 48.0 Å². The Bertz CT molecular complexity index is 1450. The summed E-state index contributed by atoms with van der Waals surface area (Å²) in [6.45, 7) is -0.428. The van der Waals surface area contributed by atoms with Crippen molar-refractivity contribution < 1.29 is 18.7 Å². The fraction of sp³-hybridized carbons (Fsp3) is 0.0385. The predicted octanol–water partition coefficient (Wildman–Crippen LogP) is 6.10. The molecule has 0 fully saturated rings. The lowest BCUT2D eigenvalue weighted by Crippen LogP contribution is -2.21. The van der Waals surface area contributed by atoms with Gasteiger partial charge < -0.3 is 14.5 Å². The maximum Gasteiger partial charge on any atom is 0.339 e. The van der Waals surface area contributed by atoms with E-state index in [4.69, 9.17) is 20.8 Å². The molecule has 0 aliphatic heterocycles. The number of carbonyl (C=O) groups excluding carboxylic acids is 2. The molecule has 0 unspecified atom stereocenters. The van der Waals surface area contributed by atoms with Crippen LogP contribution >= 0.6 is 11.6 Å². The lowest BCUT2D eigenvalue weighted by molar-refractivity contribution is -0.119. The van der Waals surface area contributed by atoms with Gasteiger partial charge in [-0.25, -0.2) is 9.78 Å². The number of rotatable bonds is 5. The number of ether oxygens (including phenoxy) is 1. The van der Waals surface area contributed by atoms with Gasteiger partial charge in [0.25, 0.3) is 5.91 Å². The molecule has 5 rings (SSSR count). The SMILES string of the molecule is O=C(COC(=O)c1cccc2cccc(-c3nc4ccccc4o3)c12)Nc1ccc(Cl)cc1. The molecule has 0 radical (unpaired) electrons. The van der Waals surface area contributed by atoms with Gasteiger partial charge in [0.15, 0.2) is 12.2 Å². The molecule has 33 heavy (non-hydrogen) atoms. The van der Waals surface area contributed by atoms with Crippen molar-refractivity contribution in [2.45, 2.75) is 0 Å². The van der Waals surface area contributed by atoms with Crippen LogP contribution in [-0.4, -0.2) is 23.5 Å². The van der Waals surface area contributed by atoms with Gasteiger partial charge in [-0.05, 0) is 53.9 Å². The second kappa shape index (κ2) is 8.76. The van der Waals surface area contributed by atoms with Crippen molar-refractivity contribution in [1.29, 1.82) is 0 Å². The maximum atomic E-state index is 12.9. The molecule has 162 valence electrons. The number of fused-ring (bicyclic) bond motifs is 2. The van der Waals surface area contributed by atoms with Crippen LogP contribution in [0.25, 0.3) is 33.3 Å². The standard InChI is InChI=1S/C26H17ClN2O4/c27-17-11-13-18(14-12-17)28-23(30)15-32-26(31)20-8-4-6-16-5-3-7-19(24(16)20)25-29-21-9-1-2-10-22(21)33-25/h1-14H,15H2,(H,28,30). The Hall–Kier alpha value is -4.16. The first-order valence-electron chi connectivity index (χ1n) is 10.2. The van der Waals surface area contributed by atoms with Crippen molar-refractivity contribution in [2.75, 3.05) is 11.9 Å². The monoisotopic (exact) mass is 456 g/mol. The fourth-order valence-corrected chi connectivity index (χ4v) is 3.74. The predicted molar refractivity (Wildman–Crippen MR) is 127 cm³/mol. The number of amides is 1. The number of hydrogen-bond acceptors (Lipinski definition) is 5. The number of oxazole rings is 1. The number of benzene rings is 4. The Morgan fingerprint density at radius 3 is 2.45 bits per heavy atom. The minimum absolute atomic E-state index is 0.324.